The number of hydrogen-bond donors (Lipinski definition) is 1. The van der Waals surface area contributed by atoms with Crippen molar-refractivity contribution < 1.29 is 33.1 Å². The molecule has 0 radical (unpaired) electrons. The monoisotopic (exact) mass is 472 g/mol. The van der Waals surface area contributed by atoms with Gasteiger partial charge in [0.25, 0.3) is 17.7 Å². The number of anilines is 1. The normalized spacial score (nSPS) is 13.7. The van der Waals surface area contributed by atoms with Crippen LogP contribution in [0.15, 0.2) is 65.1 Å². The molecule has 1 aliphatic heterocycles. The number of nitrogens with zero attached hydrogens (tertiary/aromatic N) is 1. The number of carbonyl (C=O) groups is 4. The van der Waals surface area contributed by atoms with Crippen molar-refractivity contribution in [2.24, 2.45) is 0 Å². The fourth-order valence-electron chi connectivity index (χ4n) is 4.13. The second kappa shape index (κ2) is 8.60. The summed E-state index contributed by atoms with van der Waals surface area (Å²) in [7, 11) is 1.48. The summed E-state index contributed by atoms with van der Waals surface area (Å²) in [6, 6.07) is 16.0. The van der Waals surface area contributed by atoms with Crippen molar-refractivity contribution in [2.45, 2.75) is 13.0 Å². The van der Waals surface area contributed by atoms with Crippen LogP contribution in [0.2, 0.25) is 0 Å². The van der Waals surface area contributed by atoms with Crippen molar-refractivity contribution >= 4 is 51.3 Å². The third-order valence-electron chi connectivity index (χ3n) is 5.87. The van der Waals surface area contributed by atoms with Crippen molar-refractivity contribution in [1.29, 1.82) is 0 Å². The van der Waals surface area contributed by atoms with Crippen LogP contribution in [-0.4, -0.2) is 48.3 Å². The molecule has 176 valence electrons. The molecular formula is C26H20N2O7. The van der Waals surface area contributed by atoms with E-state index in [1.807, 2.05) is 24.3 Å². The van der Waals surface area contributed by atoms with Crippen molar-refractivity contribution in [3.8, 4) is 5.75 Å². The quantitative estimate of drug-likeness (QED) is 0.336. The van der Waals surface area contributed by atoms with E-state index in [9.17, 15) is 19.2 Å². The molecular weight excluding hydrogens is 452 g/mol. The van der Waals surface area contributed by atoms with Crippen LogP contribution in [-0.2, 0) is 14.3 Å². The van der Waals surface area contributed by atoms with Gasteiger partial charge in [-0.2, -0.15) is 0 Å². The Morgan fingerprint density at radius 2 is 1.60 bits per heavy atom. The first-order valence-corrected chi connectivity index (χ1v) is 10.8. The molecule has 3 aromatic carbocycles. The van der Waals surface area contributed by atoms with Crippen molar-refractivity contribution in [3.63, 3.8) is 0 Å². The zero-order valence-corrected chi connectivity index (χ0v) is 18.9. The van der Waals surface area contributed by atoms with Gasteiger partial charge in [-0.1, -0.05) is 30.3 Å². The van der Waals surface area contributed by atoms with Crippen LogP contribution in [0.5, 0.6) is 5.75 Å². The molecule has 0 fully saturated rings. The maximum Gasteiger partial charge on any atom is 0.329 e. The molecule has 9 heteroatoms. The lowest BCUT2D eigenvalue weighted by Gasteiger charge is -2.20. The number of fused-ring (bicyclic) bond motifs is 4. The van der Waals surface area contributed by atoms with Gasteiger partial charge in [-0.15, -0.1) is 0 Å². The van der Waals surface area contributed by atoms with E-state index in [1.54, 1.807) is 24.3 Å². The van der Waals surface area contributed by atoms with Gasteiger partial charge in [0, 0.05) is 16.8 Å². The van der Waals surface area contributed by atoms with E-state index >= 15 is 0 Å². The first-order valence-electron chi connectivity index (χ1n) is 10.8. The minimum Gasteiger partial charge on any atom is -0.495 e. The number of carbonyl (C=O) groups excluding carboxylic acids is 4. The number of methoxy groups -OCH3 is 1. The van der Waals surface area contributed by atoms with Crippen LogP contribution in [0.25, 0.3) is 21.9 Å². The summed E-state index contributed by atoms with van der Waals surface area (Å²) >= 11 is 0. The highest BCUT2D eigenvalue weighted by atomic mass is 16.5. The molecule has 0 saturated heterocycles. The van der Waals surface area contributed by atoms with Gasteiger partial charge < -0.3 is 19.2 Å². The summed E-state index contributed by atoms with van der Waals surface area (Å²) < 4.78 is 16.4. The lowest BCUT2D eigenvalue weighted by Crippen LogP contribution is -2.44. The van der Waals surface area contributed by atoms with E-state index < -0.39 is 36.3 Å². The molecule has 4 aromatic rings. The van der Waals surface area contributed by atoms with Crippen LogP contribution >= 0.6 is 0 Å². The summed E-state index contributed by atoms with van der Waals surface area (Å²) in [6.45, 7) is 0.758. The Morgan fingerprint density at radius 3 is 2.29 bits per heavy atom. The number of hydrogen-bond acceptors (Lipinski definition) is 7. The van der Waals surface area contributed by atoms with Gasteiger partial charge >= 0.3 is 5.97 Å². The molecule has 5 rings (SSSR count). The summed E-state index contributed by atoms with van der Waals surface area (Å²) in [4.78, 5) is 51.0. The average molecular weight is 472 g/mol. The third kappa shape index (κ3) is 3.76. The average Bonchev–Trinajstić information content (AvgIpc) is 3.35. The van der Waals surface area contributed by atoms with Crippen molar-refractivity contribution in [2.75, 3.05) is 19.0 Å². The van der Waals surface area contributed by atoms with Crippen LogP contribution in [0.3, 0.4) is 0 Å². The molecule has 1 unspecified atom stereocenters. The minimum atomic E-state index is -1.20. The summed E-state index contributed by atoms with van der Waals surface area (Å²) in [5, 5.41) is 4.39. The number of nitrogens with one attached hydrogen (secondary N) is 1. The number of ether oxygens (including phenoxy) is 2. The number of amides is 3. The van der Waals surface area contributed by atoms with E-state index in [-0.39, 0.29) is 11.1 Å². The number of imide groups is 1. The molecule has 1 atom stereocenters. The predicted octanol–water partition coefficient (Wildman–Crippen LogP) is 3.76. The minimum absolute atomic E-state index is 0.225. The van der Waals surface area contributed by atoms with E-state index in [4.69, 9.17) is 13.9 Å². The molecule has 0 aliphatic carbocycles. The predicted molar refractivity (Wildman–Crippen MR) is 126 cm³/mol. The summed E-state index contributed by atoms with van der Waals surface area (Å²) in [6.07, 6.45) is 0. The zero-order chi connectivity index (χ0) is 24.7. The third-order valence-corrected chi connectivity index (χ3v) is 5.87. The summed E-state index contributed by atoms with van der Waals surface area (Å²) in [5.41, 5.74) is 2.04. The Hall–Kier alpha value is -4.66. The Balaban J connectivity index is 1.27. The molecule has 9 nitrogen and oxygen atoms in total. The standard InChI is InChI=1S/C26H20N2O7/c1-14(28-24(30)16-8-3-4-9-17(16)25(28)31)26(32)34-13-23(29)27-19-12-21-18(11-22(19)33-2)15-7-5-6-10-20(15)35-21/h3-12,14H,13H2,1-2H3,(H,27,29). The Bertz CT molecular complexity index is 1490. The van der Waals surface area contributed by atoms with Gasteiger partial charge in [-0.05, 0) is 31.2 Å². The topological polar surface area (TPSA) is 115 Å². The largest absolute Gasteiger partial charge is 0.495 e. The van der Waals surface area contributed by atoms with Gasteiger partial charge in [0.05, 0.1) is 23.9 Å². The first-order chi connectivity index (χ1) is 16.9. The molecule has 1 aliphatic rings. The molecule has 0 spiro atoms. The Morgan fingerprint density at radius 1 is 0.943 bits per heavy atom. The molecule has 0 bridgehead atoms. The lowest BCUT2D eigenvalue weighted by molar-refractivity contribution is -0.150. The van der Waals surface area contributed by atoms with Gasteiger partial charge in [-0.3, -0.25) is 19.3 Å². The van der Waals surface area contributed by atoms with E-state index in [0.717, 1.165) is 15.7 Å². The van der Waals surface area contributed by atoms with Crippen molar-refractivity contribution in [1.82, 2.24) is 4.90 Å². The summed E-state index contributed by atoms with van der Waals surface area (Å²) in [5.74, 6) is -2.26. The number of furan rings is 1. The zero-order valence-electron chi connectivity index (χ0n) is 18.9. The fraction of sp³-hybridized carbons (Fsp3) is 0.154. The molecule has 35 heavy (non-hydrogen) atoms. The molecule has 0 saturated carbocycles. The molecule has 2 heterocycles. The maximum atomic E-state index is 12.6. The number of benzene rings is 3. The van der Waals surface area contributed by atoms with Crippen LogP contribution in [0.1, 0.15) is 27.6 Å². The Kier molecular flexibility index (Phi) is 5.44. The smallest absolute Gasteiger partial charge is 0.329 e. The van der Waals surface area contributed by atoms with Gasteiger partial charge in [0.1, 0.15) is 23.0 Å². The van der Waals surface area contributed by atoms with Gasteiger partial charge in [0.2, 0.25) is 0 Å². The molecule has 3 amide bonds. The molecule has 1 aromatic heterocycles. The van der Waals surface area contributed by atoms with E-state index in [2.05, 4.69) is 5.32 Å². The first kappa shape index (κ1) is 22.1. The Labute approximate surface area is 199 Å². The van der Waals surface area contributed by atoms with Crippen molar-refractivity contribution in [3.05, 3.63) is 71.8 Å². The van der Waals surface area contributed by atoms with Crippen LogP contribution in [0, 0.1) is 0 Å². The molecule has 1 N–H and O–H groups in total. The van der Waals surface area contributed by atoms with E-state index in [0.29, 0.717) is 22.6 Å². The lowest BCUT2D eigenvalue weighted by atomic mass is 10.1. The van der Waals surface area contributed by atoms with Gasteiger partial charge in [0.15, 0.2) is 6.61 Å². The fourth-order valence-corrected chi connectivity index (χ4v) is 4.13. The number of rotatable bonds is 6. The highest BCUT2D eigenvalue weighted by Gasteiger charge is 2.41. The number of esters is 1. The van der Waals surface area contributed by atoms with Crippen LogP contribution in [0.4, 0.5) is 5.69 Å². The second-order valence-corrected chi connectivity index (χ2v) is 8.00. The highest BCUT2D eigenvalue weighted by Crippen LogP contribution is 2.36. The van der Waals surface area contributed by atoms with E-state index in [1.165, 1.54) is 26.2 Å². The maximum absolute atomic E-state index is 12.6. The second-order valence-electron chi connectivity index (χ2n) is 8.00. The van der Waals surface area contributed by atoms with Crippen LogP contribution < -0.4 is 10.1 Å². The SMILES string of the molecule is COc1cc2c(cc1NC(=O)COC(=O)C(C)N1C(=O)c3ccccc3C1=O)oc1ccccc12. The van der Waals surface area contributed by atoms with Gasteiger partial charge in [-0.25, -0.2) is 4.79 Å². The number of para-hydroxylation sites is 1. The highest BCUT2D eigenvalue weighted by molar-refractivity contribution is 6.22.